The van der Waals surface area contributed by atoms with Crippen molar-refractivity contribution in [3.63, 3.8) is 0 Å². The second-order valence-electron chi connectivity index (χ2n) is 8.74. The van der Waals surface area contributed by atoms with Crippen molar-refractivity contribution in [2.24, 2.45) is 35.5 Å². The third-order valence-corrected chi connectivity index (χ3v) is 5.86. The summed E-state index contributed by atoms with van der Waals surface area (Å²) in [7, 11) is 2.94. The quantitative estimate of drug-likeness (QED) is 0.327. The highest BCUT2D eigenvalue weighted by atomic mass is 31.0. The second-order valence-corrected chi connectivity index (χ2v) is 9.88. The molecule has 0 aromatic carbocycles. The fraction of sp³-hybridized carbons (Fsp3) is 1.00. The average Bonchev–Trinajstić information content (AvgIpc) is 2.36. The molecule has 0 saturated heterocycles. The van der Waals surface area contributed by atoms with Crippen LogP contribution < -0.4 is 0 Å². The van der Waals surface area contributed by atoms with Crippen LogP contribution in [-0.4, -0.2) is 5.66 Å². The molecule has 0 aliphatic heterocycles. The summed E-state index contributed by atoms with van der Waals surface area (Å²) in [5.41, 5.74) is 0.780. The lowest BCUT2D eigenvalue weighted by Crippen LogP contribution is -2.31. The van der Waals surface area contributed by atoms with Crippen LogP contribution in [0.25, 0.3) is 0 Å². The largest absolute Gasteiger partial charge is 0.135 e. The highest BCUT2D eigenvalue weighted by Gasteiger charge is 2.31. The van der Waals surface area contributed by atoms with Crippen LogP contribution in [0.1, 0.15) is 93.9 Å². The fourth-order valence-electron chi connectivity index (χ4n) is 4.57. The Hall–Kier alpha value is 0.430. The molecule has 1 heteroatoms. The van der Waals surface area contributed by atoms with Crippen LogP contribution >= 0.6 is 9.24 Å². The Balaban J connectivity index is 4.60. The molecule has 6 atom stereocenters. The molecule has 0 heterocycles. The maximum atomic E-state index is 2.94. The molecule has 0 bridgehead atoms. The highest BCUT2D eigenvalue weighted by Crippen LogP contribution is 2.39. The molecule has 0 saturated carbocycles. The van der Waals surface area contributed by atoms with Gasteiger partial charge in [0.2, 0.25) is 0 Å². The molecule has 6 unspecified atom stereocenters. The van der Waals surface area contributed by atoms with Gasteiger partial charge in [-0.05, 0) is 54.0 Å². The van der Waals surface area contributed by atoms with Crippen molar-refractivity contribution >= 4 is 9.24 Å². The van der Waals surface area contributed by atoms with E-state index in [1.54, 1.807) is 0 Å². The van der Waals surface area contributed by atoms with Gasteiger partial charge in [-0.15, -0.1) is 9.24 Å². The minimum absolute atomic E-state index is 0.780. The van der Waals surface area contributed by atoms with Gasteiger partial charge in [-0.3, -0.25) is 0 Å². The predicted octanol–water partition coefficient (Wildman–Crippen LogP) is 7.43. The van der Waals surface area contributed by atoms with Crippen molar-refractivity contribution in [2.45, 2.75) is 99.6 Å². The van der Waals surface area contributed by atoms with Gasteiger partial charge < -0.3 is 0 Å². The molecule has 0 nitrogen and oxygen atoms in total. The minimum atomic E-state index is 0.780. The lowest BCUT2D eigenvalue weighted by Gasteiger charge is -2.38. The van der Waals surface area contributed by atoms with E-state index < -0.39 is 0 Å². The third-order valence-electron chi connectivity index (χ3n) is 5.53. The maximum absolute atomic E-state index is 2.94. The normalized spacial score (nSPS) is 19.2. The third kappa shape index (κ3) is 8.90. The summed E-state index contributed by atoms with van der Waals surface area (Å²) in [4.78, 5) is 0. The van der Waals surface area contributed by atoms with Gasteiger partial charge >= 0.3 is 0 Å². The highest BCUT2D eigenvalue weighted by molar-refractivity contribution is 7.17. The molecular weight excluding hydrogens is 283 g/mol. The molecule has 0 amide bonds. The van der Waals surface area contributed by atoms with E-state index in [2.05, 4.69) is 64.6 Å². The first-order valence-electron chi connectivity index (χ1n) is 9.96. The molecule has 0 aliphatic rings. The van der Waals surface area contributed by atoms with Gasteiger partial charge in [0.1, 0.15) is 0 Å². The molecule has 0 spiro atoms. The van der Waals surface area contributed by atoms with Gasteiger partial charge in [0.25, 0.3) is 0 Å². The van der Waals surface area contributed by atoms with Gasteiger partial charge in [0.15, 0.2) is 0 Å². The maximum Gasteiger partial charge on any atom is -0.0293 e. The summed E-state index contributed by atoms with van der Waals surface area (Å²) in [6.07, 6.45) is 8.33. The number of rotatable bonds is 12. The van der Waals surface area contributed by atoms with Gasteiger partial charge in [-0.1, -0.05) is 81.1 Å². The van der Waals surface area contributed by atoms with E-state index in [-0.39, 0.29) is 0 Å². The van der Waals surface area contributed by atoms with Crippen LogP contribution in [0.3, 0.4) is 0 Å². The van der Waals surface area contributed by atoms with Crippen molar-refractivity contribution in [1.29, 1.82) is 0 Å². The summed E-state index contributed by atoms with van der Waals surface area (Å²) in [6.45, 7) is 19.4. The van der Waals surface area contributed by atoms with Gasteiger partial charge in [-0.2, -0.15) is 0 Å². The Morgan fingerprint density at radius 1 is 0.773 bits per heavy atom. The zero-order valence-corrected chi connectivity index (χ0v) is 18.0. The Kier molecular flexibility index (Phi) is 12.1. The van der Waals surface area contributed by atoms with Crippen LogP contribution in [-0.2, 0) is 0 Å². The smallest absolute Gasteiger partial charge is 0.0293 e. The van der Waals surface area contributed by atoms with Crippen molar-refractivity contribution in [3.8, 4) is 0 Å². The van der Waals surface area contributed by atoms with E-state index in [0.29, 0.717) is 0 Å². The zero-order valence-electron chi connectivity index (χ0n) is 16.9. The molecule has 0 radical (unpaired) electrons. The van der Waals surface area contributed by atoms with Crippen LogP contribution in [0.5, 0.6) is 0 Å². The number of hydrogen-bond donors (Lipinski definition) is 0. The molecule has 0 aromatic heterocycles. The van der Waals surface area contributed by atoms with Crippen LogP contribution in [0, 0.1) is 35.5 Å². The van der Waals surface area contributed by atoms with E-state index >= 15 is 0 Å². The monoisotopic (exact) mass is 328 g/mol. The SMILES string of the molecule is CCCC(C(C)C)C(C(C)C)C(C)CC(C)CCCC(C)P. The van der Waals surface area contributed by atoms with E-state index in [0.717, 1.165) is 41.2 Å². The summed E-state index contributed by atoms with van der Waals surface area (Å²) in [5, 5.41) is 0. The molecule has 0 aromatic rings. The van der Waals surface area contributed by atoms with Gasteiger partial charge in [-0.25, -0.2) is 0 Å². The summed E-state index contributed by atoms with van der Waals surface area (Å²) in [5.74, 6) is 5.18. The molecule has 0 N–H and O–H groups in total. The Morgan fingerprint density at radius 3 is 1.77 bits per heavy atom. The molecule has 0 aliphatic carbocycles. The minimum Gasteiger partial charge on any atom is -0.135 e. The lowest BCUT2D eigenvalue weighted by molar-refractivity contribution is 0.109. The zero-order chi connectivity index (χ0) is 17.3. The molecule has 134 valence electrons. The van der Waals surface area contributed by atoms with Gasteiger partial charge in [0, 0.05) is 0 Å². The first-order chi connectivity index (χ1) is 10.2. The molecule has 0 fully saturated rings. The van der Waals surface area contributed by atoms with Gasteiger partial charge in [0.05, 0.1) is 0 Å². The van der Waals surface area contributed by atoms with E-state index in [1.807, 2.05) is 0 Å². The van der Waals surface area contributed by atoms with E-state index in [1.165, 1.54) is 38.5 Å². The predicted molar refractivity (Wildman–Crippen MR) is 108 cm³/mol. The Bertz CT molecular complexity index is 257. The first-order valence-corrected chi connectivity index (χ1v) is 10.6. The summed E-state index contributed by atoms with van der Waals surface area (Å²) < 4.78 is 0. The number of hydrogen-bond acceptors (Lipinski definition) is 0. The topological polar surface area (TPSA) is 0 Å². The van der Waals surface area contributed by atoms with Crippen molar-refractivity contribution < 1.29 is 0 Å². The molecule has 22 heavy (non-hydrogen) atoms. The van der Waals surface area contributed by atoms with Crippen molar-refractivity contribution in [1.82, 2.24) is 0 Å². The van der Waals surface area contributed by atoms with Crippen LogP contribution in [0.4, 0.5) is 0 Å². The van der Waals surface area contributed by atoms with Crippen LogP contribution in [0.2, 0.25) is 0 Å². The second kappa shape index (κ2) is 11.9. The van der Waals surface area contributed by atoms with Crippen molar-refractivity contribution in [3.05, 3.63) is 0 Å². The van der Waals surface area contributed by atoms with Crippen LogP contribution in [0.15, 0.2) is 0 Å². The fourth-order valence-corrected chi connectivity index (χ4v) is 4.81. The van der Waals surface area contributed by atoms with E-state index in [9.17, 15) is 0 Å². The lowest BCUT2D eigenvalue weighted by atomic mass is 9.67. The Morgan fingerprint density at radius 2 is 1.36 bits per heavy atom. The first kappa shape index (κ1) is 22.4. The summed E-state index contributed by atoms with van der Waals surface area (Å²) >= 11 is 0. The molecular formula is C21H45P. The average molecular weight is 329 g/mol. The summed E-state index contributed by atoms with van der Waals surface area (Å²) in [6, 6.07) is 0. The van der Waals surface area contributed by atoms with Crippen molar-refractivity contribution in [2.75, 3.05) is 0 Å². The standard InChI is InChI=1S/C21H45P/c1-9-11-20(15(2)3)21(16(4)5)18(7)14-17(6)12-10-13-19(8)22/h15-21H,9-14,22H2,1-8H3. The molecule has 0 rings (SSSR count). The van der Waals surface area contributed by atoms with E-state index in [4.69, 9.17) is 0 Å². The Labute approximate surface area is 144 Å².